The van der Waals surface area contributed by atoms with Crippen molar-refractivity contribution in [3.05, 3.63) is 23.8 Å². The van der Waals surface area contributed by atoms with Crippen LogP contribution >= 0.6 is 0 Å². The van der Waals surface area contributed by atoms with Gasteiger partial charge in [-0.2, -0.15) is 0 Å². The highest BCUT2D eigenvalue weighted by atomic mass is 16.5. The Morgan fingerprint density at radius 2 is 1.89 bits per heavy atom. The molecule has 2 aromatic rings. The van der Waals surface area contributed by atoms with E-state index in [1.165, 1.54) is 0 Å². The van der Waals surface area contributed by atoms with Crippen LogP contribution in [0.5, 0.6) is 11.5 Å². The summed E-state index contributed by atoms with van der Waals surface area (Å²) in [5.41, 5.74) is 4.47. The van der Waals surface area contributed by atoms with Crippen LogP contribution in [0.3, 0.4) is 0 Å². The first-order valence-corrected chi connectivity index (χ1v) is 6.26. The van der Waals surface area contributed by atoms with Crippen LogP contribution in [-0.4, -0.2) is 19.2 Å². The van der Waals surface area contributed by atoms with Crippen LogP contribution < -0.4 is 20.7 Å². The number of anilines is 1. The molecule has 1 aromatic heterocycles. The number of fused-ring (bicyclic) bond motifs is 1. The Labute approximate surface area is 112 Å². The minimum atomic E-state index is 0.681. The third kappa shape index (κ3) is 2.42. The Hall–Kier alpha value is -2.01. The van der Waals surface area contributed by atoms with Gasteiger partial charge >= 0.3 is 0 Å². The Bertz CT molecular complexity index is 584. The molecular formula is C14H19N3O2. The number of hydrogen-bond donors (Lipinski definition) is 2. The maximum atomic E-state index is 5.55. The SMILES string of the molecule is CCCc1cc2c(OC)ccc(OC)c2nc1NN. The average Bonchev–Trinajstić information content (AvgIpc) is 2.45. The van der Waals surface area contributed by atoms with Gasteiger partial charge in [-0.3, -0.25) is 0 Å². The van der Waals surface area contributed by atoms with Crippen LogP contribution in [0.1, 0.15) is 18.9 Å². The summed E-state index contributed by atoms with van der Waals surface area (Å²) < 4.78 is 10.7. The number of aryl methyl sites for hydroxylation is 1. The Morgan fingerprint density at radius 1 is 1.21 bits per heavy atom. The van der Waals surface area contributed by atoms with E-state index < -0.39 is 0 Å². The summed E-state index contributed by atoms with van der Waals surface area (Å²) in [5, 5.41) is 0.935. The molecule has 0 saturated heterocycles. The molecule has 2 rings (SSSR count). The number of benzene rings is 1. The summed E-state index contributed by atoms with van der Waals surface area (Å²) >= 11 is 0. The molecule has 0 fully saturated rings. The molecule has 0 spiro atoms. The molecule has 0 bridgehead atoms. The number of aromatic nitrogens is 1. The first-order valence-electron chi connectivity index (χ1n) is 6.26. The Kier molecular flexibility index (Phi) is 4.06. The number of nitrogens with one attached hydrogen (secondary N) is 1. The fourth-order valence-electron chi connectivity index (χ4n) is 2.18. The summed E-state index contributed by atoms with van der Waals surface area (Å²) in [6.45, 7) is 2.12. The molecule has 3 N–H and O–H groups in total. The van der Waals surface area contributed by atoms with Gasteiger partial charge in [0.2, 0.25) is 0 Å². The van der Waals surface area contributed by atoms with Crippen molar-refractivity contribution < 1.29 is 9.47 Å². The summed E-state index contributed by atoms with van der Waals surface area (Å²) in [6, 6.07) is 5.78. The zero-order valence-corrected chi connectivity index (χ0v) is 11.5. The maximum absolute atomic E-state index is 5.55. The molecule has 5 nitrogen and oxygen atoms in total. The molecule has 5 heteroatoms. The van der Waals surface area contributed by atoms with E-state index in [2.05, 4.69) is 23.4 Å². The van der Waals surface area contributed by atoms with Crippen molar-refractivity contribution in [3.8, 4) is 11.5 Å². The Balaban J connectivity index is 2.74. The van der Waals surface area contributed by atoms with Gasteiger partial charge in [-0.05, 0) is 30.2 Å². The Morgan fingerprint density at radius 3 is 2.47 bits per heavy atom. The van der Waals surface area contributed by atoms with E-state index in [9.17, 15) is 0 Å². The summed E-state index contributed by atoms with van der Waals surface area (Å²) in [7, 11) is 3.27. The van der Waals surface area contributed by atoms with Crippen LogP contribution in [0.4, 0.5) is 5.82 Å². The molecule has 0 amide bonds. The molecule has 0 aliphatic heterocycles. The van der Waals surface area contributed by atoms with Gasteiger partial charge in [-0.1, -0.05) is 13.3 Å². The lowest BCUT2D eigenvalue weighted by Gasteiger charge is -2.13. The average molecular weight is 261 g/mol. The molecule has 102 valence electrons. The smallest absolute Gasteiger partial charge is 0.145 e. The van der Waals surface area contributed by atoms with Crippen LogP contribution in [-0.2, 0) is 6.42 Å². The van der Waals surface area contributed by atoms with Gasteiger partial charge in [0.15, 0.2) is 0 Å². The highest BCUT2D eigenvalue weighted by Crippen LogP contribution is 2.34. The van der Waals surface area contributed by atoms with E-state index in [1.807, 2.05) is 12.1 Å². The molecule has 0 atom stereocenters. The van der Waals surface area contributed by atoms with Gasteiger partial charge < -0.3 is 14.9 Å². The van der Waals surface area contributed by atoms with Crippen LogP contribution in [0.2, 0.25) is 0 Å². The zero-order chi connectivity index (χ0) is 13.8. The number of hydrazine groups is 1. The lowest BCUT2D eigenvalue weighted by atomic mass is 10.1. The van der Waals surface area contributed by atoms with Gasteiger partial charge in [0, 0.05) is 5.39 Å². The van der Waals surface area contributed by atoms with Gasteiger partial charge in [-0.15, -0.1) is 0 Å². The third-order valence-electron chi connectivity index (χ3n) is 3.08. The van der Waals surface area contributed by atoms with Gasteiger partial charge in [0.1, 0.15) is 22.8 Å². The van der Waals surface area contributed by atoms with E-state index in [0.717, 1.165) is 35.1 Å². The summed E-state index contributed by atoms with van der Waals surface area (Å²) in [4.78, 5) is 4.55. The number of nitrogens with two attached hydrogens (primary N) is 1. The van der Waals surface area contributed by atoms with E-state index in [4.69, 9.17) is 15.3 Å². The van der Waals surface area contributed by atoms with E-state index in [0.29, 0.717) is 11.6 Å². The first kappa shape index (κ1) is 13.4. The number of nitrogen functional groups attached to an aromatic ring is 1. The number of hydrogen-bond acceptors (Lipinski definition) is 5. The monoisotopic (exact) mass is 261 g/mol. The molecule has 0 radical (unpaired) electrons. The van der Waals surface area contributed by atoms with Crippen molar-refractivity contribution in [3.63, 3.8) is 0 Å². The molecular weight excluding hydrogens is 242 g/mol. The second kappa shape index (κ2) is 5.75. The fourth-order valence-corrected chi connectivity index (χ4v) is 2.18. The molecule has 0 aliphatic rings. The largest absolute Gasteiger partial charge is 0.496 e. The lowest BCUT2D eigenvalue weighted by molar-refractivity contribution is 0.409. The highest BCUT2D eigenvalue weighted by molar-refractivity contribution is 5.92. The molecule has 1 aromatic carbocycles. The van der Waals surface area contributed by atoms with Crippen LogP contribution in [0, 0.1) is 0 Å². The number of rotatable bonds is 5. The molecule has 0 saturated carbocycles. The van der Waals surface area contributed by atoms with Crippen molar-refractivity contribution in [2.75, 3.05) is 19.6 Å². The summed E-state index contributed by atoms with van der Waals surface area (Å²) in [5.74, 6) is 7.72. The van der Waals surface area contributed by atoms with Crippen molar-refractivity contribution >= 4 is 16.7 Å². The quantitative estimate of drug-likeness (QED) is 0.639. The normalized spacial score (nSPS) is 10.5. The standard InChI is InChI=1S/C14H19N3O2/c1-4-5-9-8-10-11(18-2)6-7-12(19-3)13(10)16-14(9)17-15/h6-8H,4-5,15H2,1-3H3,(H,16,17). The fraction of sp³-hybridized carbons (Fsp3) is 0.357. The molecule has 0 unspecified atom stereocenters. The van der Waals surface area contributed by atoms with Crippen molar-refractivity contribution in [1.82, 2.24) is 4.98 Å². The van der Waals surface area contributed by atoms with Crippen LogP contribution in [0.25, 0.3) is 10.9 Å². The van der Waals surface area contributed by atoms with Gasteiger partial charge in [0.25, 0.3) is 0 Å². The predicted octanol–water partition coefficient (Wildman–Crippen LogP) is 2.49. The van der Waals surface area contributed by atoms with Gasteiger partial charge in [-0.25, -0.2) is 10.8 Å². The van der Waals surface area contributed by atoms with E-state index in [1.54, 1.807) is 14.2 Å². The van der Waals surface area contributed by atoms with Gasteiger partial charge in [0.05, 0.1) is 14.2 Å². The summed E-state index contributed by atoms with van der Waals surface area (Å²) in [6.07, 6.45) is 1.93. The second-order valence-electron chi connectivity index (χ2n) is 4.26. The number of nitrogens with zero attached hydrogens (tertiary/aromatic N) is 1. The topological polar surface area (TPSA) is 69.4 Å². The van der Waals surface area contributed by atoms with E-state index >= 15 is 0 Å². The van der Waals surface area contributed by atoms with Crippen molar-refractivity contribution in [2.24, 2.45) is 5.84 Å². The predicted molar refractivity (Wildman–Crippen MR) is 76.7 cm³/mol. The third-order valence-corrected chi connectivity index (χ3v) is 3.08. The number of pyridine rings is 1. The minimum Gasteiger partial charge on any atom is -0.496 e. The zero-order valence-electron chi connectivity index (χ0n) is 11.5. The lowest BCUT2D eigenvalue weighted by Crippen LogP contribution is -2.11. The van der Waals surface area contributed by atoms with Crippen molar-refractivity contribution in [2.45, 2.75) is 19.8 Å². The van der Waals surface area contributed by atoms with Crippen molar-refractivity contribution in [1.29, 1.82) is 0 Å². The van der Waals surface area contributed by atoms with Crippen LogP contribution in [0.15, 0.2) is 18.2 Å². The minimum absolute atomic E-state index is 0.681. The second-order valence-corrected chi connectivity index (χ2v) is 4.26. The maximum Gasteiger partial charge on any atom is 0.145 e. The molecule has 1 heterocycles. The molecule has 19 heavy (non-hydrogen) atoms. The molecule has 0 aliphatic carbocycles. The van der Waals surface area contributed by atoms with E-state index in [-0.39, 0.29) is 0 Å². The number of ether oxygens (including phenoxy) is 2. The highest BCUT2D eigenvalue weighted by Gasteiger charge is 2.13. The first-order chi connectivity index (χ1) is 9.24. The number of methoxy groups -OCH3 is 2.